The monoisotopic (exact) mass is 484 g/mol. The molecule has 3 aliphatic rings. The summed E-state index contributed by atoms with van der Waals surface area (Å²) < 4.78 is 12.0. The molecule has 1 aliphatic carbocycles. The lowest BCUT2D eigenvalue weighted by atomic mass is 9.93. The molecule has 0 radical (unpaired) electrons. The van der Waals surface area contributed by atoms with E-state index >= 15 is 0 Å². The van der Waals surface area contributed by atoms with E-state index in [2.05, 4.69) is 17.2 Å². The molecule has 4 rings (SSSR count). The zero-order valence-electron chi connectivity index (χ0n) is 21.3. The lowest BCUT2D eigenvalue weighted by molar-refractivity contribution is -0.151. The normalized spacial score (nSPS) is 18.4. The Morgan fingerprint density at radius 2 is 2.00 bits per heavy atom. The highest BCUT2D eigenvalue weighted by Gasteiger charge is 2.30. The van der Waals surface area contributed by atoms with E-state index in [-0.39, 0.29) is 18.0 Å². The smallest absolute Gasteiger partial charge is 0.246 e. The van der Waals surface area contributed by atoms with Crippen LogP contribution in [-0.2, 0) is 20.9 Å². The number of nitrogens with zero attached hydrogens (tertiary/aromatic N) is 3. The summed E-state index contributed by atoms with van der Waals surface area (Å²) in [5.41, 5.74) is 1.92. The molecular formula is C27H40N4O4. The Labute approximate surface area is 209 Å². The van der Waals surface area contributed by atoms with Gasteiger partial charge in [0.25, 0.3) is 0 Å². The van der Waals surface area contributed by atoms with Gasteiger partial charge in [-0.25, -0.2) is 4.99 Å². The molecular weight excluding hydrogens is 444 g/mol. The number of unbranched alkanes of at least 4 members (excludes halogenated alkanes) is 2. The van der Waals surface area contributed by atoms with Gasteiger partial charge in [-0.3, -0.25) is 14.9 Å². The zero-order chi connectivity index (χ0) is 24.6. The molecule has 0 aromatic heterocycles. The molecule has 2 amide bonds. The van der Waals surface area contributed by atoms with Gasteiger partial charge in [0, 0.05) is 31.2 Å². The molecule has 8 nitrogen and oxygen atoms in total. The van der Waals surface area contributed by atoms with Crippen molar-refractivity contribution in [3.05, 3.63) is 23.8 Å². The summed E-state index contributed by atoms with van der Waals surface area (Å²) in [5.74, 6) is 1.62. The second kappa shape index (κ2) is 12.4. The van der Waals surface area contributed by atoms with E-state index in [9.17, 15) is 9.59 Å². The molecule has 0 spiro atoms. The Bertz CT molecular complexity index is 912. The second-order valence-corrected chi connectivity index (χ2v) is 9.85. The number of benzene rings is 1. The Morgan fingerprint density at radius 1 is 1.17 bits per heavy atom. The Morgan fingerprint density at radius 3 is 2.80 bits per heavy atom. The molecule has 1 atom stereocenters. The van der Waals surface area contributed by atoms with Crippen LogP contribution in [0.25, 0.3) is 0 Å². The summed E-state index contributed by atoms with van der Waals surface area (Å²) in [6.07, 6.45) is 9.93. The van der Waals surface area contributed by atoms with Gasteiger partial charge >= 0.3 is 0 Å². The van der Waals surface area contributed by atoms with Crippen molar-refractivity contribution in [1.82, 2.24) is 15.1 Å². The highest BCUT2D eigenvalue weighted by atomic mass is 16.5. The maximum atomic E-state index is 13.2. The van der Waals surface area contributed by atoms with Crippen molar-refractivity contribution >= 4 is 23.5 Å². The molecule has 2 aliphatic heterocycles. The van der Waals surface area contributed by atoms with Crippen molar-refractivity contribution < 1.29 is 19.1 Å². The number of aliphatic imine (C=N–C) groups is 1. The number of hydrogen-bond donors (Lipinski definition) is 1. The summed E-state index contributed by atoms with van der Waals surface area (Å²) in [6.45, 7) is 6.45. The van der Waals surface area contributed by atoms with Crippen LogP contribution in [-0.4, -0.2) is 59.6 Å². The topological polar surface area (TPSA) is 83.5 Å². The number of guanidine groups is 1. The molecule has 1 unspecified atom stereocenters. The Kier molecular flexibility index (Phi) is 9.01. The van der Waals surface area contributed by atoms with Crippen molar-refractivity contribution in [1.29, 1.82) is 0 Å². The molecule has 35 heavy (non-hydrogen) atoms. The van der Waals surface area contributed by atoms with E-state index < -0.39 is 0 Å². The molecule has 1 aromatic carbocycles. The van der Waals surface area contributed by atoms with Crippen LogP contribution in [0.1, 0.15) is 83.6 Å². The third kappa shape index (κ3) is 6.75. The van der Waals surface area contributed by atoms with Gasteiger partial charge in [0.15, 0.2) is 0 Å². The average Bonchev–Trinajstić information content (AvgIpc) is 3.22. The van der Waals surface area contributed by atoms with E-state index in [0.717, 1.165) is 55.5 Å². The molecule has 1 saturated carbocycles. The molecule has 2 heterocycles. The van der Waals surface area contributed by atoms with E-state index in [4.69, 9.17) is 9.47 Å². The zero-order valence-corrected chi connectivity index (χ0v) is 21.3. The fourth-order valence-electron chi connectivity index (χ4n) is 5.17. The molecule has 2 fully saturated rings. The minimum absolute atomic E-state index is 0.0217. The van der Waals surface area contributed by atoms with Crippen molar-refractivity contribution in [2.24, 2.45) is 4.99 Å². The first-order chi connectivity index (χ1) is 17.0. The van der Waals surface area contributed by atoms with E-state index in [1.807, 2.05) is 34.9 Å². The highest BCUT2D eigenvalue weighted by molar-refractivity contribution is 6.05. The van der Waals surface area contributed by atoms with Gasteiger partial charge in [-0.1, -0.05) is 32.6 Å². The number of ether oxygens (including phenoxy) is 2. The van der Waals surface area contributed by atoms with Crippen LogP contribution in [0.15, 0.2) is 23.2 Å². The lowest BCUT2D eigenvalue weighted by Crippen LogP contribution is -2.48. The van der Waals surface area contributed by atoms with E-state index in [0.29, 0.717) is 44.7 Å². The lowest BCUT2D eigenvalue weighted by Gasteiger charge is -2.38. The summed E-state index contributed by atoms with van der Waals surface area (Å²) in [7, 11) is 0. The predicted molar refractivity (Wildman–Crippen MR) is 135 cm³/mol. The van der Waals surface area contributed by atoms with E-state index in [1.54, 1.807) is 0 Å². The van der Waals surface area contributed by atoms with Gasteiger partial charge in [-0.05, 0) is 57.2 Å². The van der Waals surface area contributed by atoms with Crippen LogP contribution in [0.3, 0.4) is 0 Å². The van der Waals surface area contributed by atoms with Crippen LogP contribution >= 0.6 is 0 Å². The summed E-state index contributed by atoms with van der Waals surface area (Å²) in [6, 6.07) is 6.17. The van der Waals surface area contributed by atoms with Crippen LogP contribution in [0.5, 0.6) is 5.75 Å². The summed E-state index contributed by atoms with van der Waals surface area (Å²) >= 11 is 0. The molecule has 8 heteroatoms. The highest BCUT2D eigenvalue weighted by Crippen LogP contribution is 2.30. The summed E-state index contributed by atoms with van der Waals surface area (Å²) in [5, 5.41) is 2.78. The number of rotatable bonds is 12. The molecule has 192 valence electrons. The predicted octanol–water partition coefficient (Wildman–Crippen LogP) is 4.49. The number of carbonyl (C=O) groups is 2. The van der Waals surface area contributed by atoms with Crippen molar-refractivity contribution in [2.45, 2.75) is 96.9 Å². The SMILES string of the molecule is CCCCOC(C)N(C(=O)CCCCOc1ccc2c(c1)CN1CC(=O)NC1=N2)C1CCCCC1. The van der Waals surface area contributed by atoms with Gasteiger partial charge in [-0.15, -0.1) is 0 Å². The molecule has 1 saturated heterocycles. The number of amides is 2. The standard InChI is InChI=1S/C27H40N4O4/c1-3-4-15-34-20(2)31(22-10-6-5-7-11-22)26(33)12-8-9-16-35-23-13-14-24-21(17-23)18-30-19-25(32)29-27(30)28-24/h13-14,17,20,22H,3-12,15-16,18-19H2,1-2H3,(H,28,29,32). The first kappa shape index (κ1) is 25.5. The van der Waals surface area contributed by atoms with Crippen molar-refractivity contribution in [3.63, 3.8) is 0 Å². The van der Waals surface area contributed by atoms with Crippen LogP contribution < -0.4 is 10.1 Å². The van der Waals surface area contributed by atoms with Gasteiger partial charge in [0.2, 0.25) is 17.8 Å². The maximum Gasteiger partial charge on any atom is 0.246 e. The number of hydrogen-bond acceptors (Lipinski definition) is 6. The Balaban J connectivity index is 1.23. The number of carbonyl (C=O) groups excluding carboxylic acids is 2. The third-order valence-electron chi connectivity index (χ3n) is 7.08. The number of nitrogens with one attached hydrogen (secondary N) is 1. The molecule has 1 N–H and O–H groups in total. The van der Waals surface area contributed by atoms with Crippen molar-refractivity contribution in [3.8, 4) is 5.75 Å². The Hall–Kier alpha value is -2.61. The summed E-state index contributed by atoms with van der Waals surface area (Å²) in [4.78, 5) is 33.3. The third-order valence-corrected chi connectivity index (χ3v) is 7.08. The minimum Gasteiger partial charge on any atom is -0.494 e. The van der Waals surface area contributed by atoms with Crippen molar-refractivity contribution in [2.75, 3.05) is 19.8 Å². The minimum atomic E-state index is -0.159. The largest absolute Gasteiger partial charge is 0.494 e. The first-order valence-corrected chi connectivity index (χ1v) is 13.4. The molecule has 1 aromatic rings. The molecule has 0 bridgehead atoms. The van der Waals surface area contributed by atoms with Gasteiger partial charge in [0.05, 0.1) is 12.3 Å². The van der Waals surface area contributed by atoms with Crippen LogP contribution in [0, 0.1) is 0 Å². The number of fused-ring (bicyclic) bond motifs is 2. The quantitative estimate of drug-likeness (QED) is 0.349. The van der Waals surface area contributed by atoms with Crippen LogP contribution in [0.2, 0.25) is 0 Å². The van der Waals surface area contributed by atoms with Gasteiger partial charge in [-0.2, -0.15) is 0 Å². The van der Waals surface area contributed by atoms with Gasteiger partial charge < -0.3 is 19.3 Å². The fourth-order valence-corrected chi connectivity index (χ4v) is 5.17. The second-order valence-electron chi connectivity index (χ2n) is 9.85. The fraction of sp³-hybridized carbons (Fsp3) is 0.667. The van der Waals surface area contributed by atoms with Crippen LogP contribution in [0.4, 0.5) is 5.69 Å². The van der Waals surface area contributed by atoms with Gasteiger partial charge in [0.1, 0.15) is 18.5 Å². The first-order valence-electron chi connectivity index (χ1n) is 13.4. The van der Waals surface area contributed by atoms with E-state index in [1.165, 1.54) is 19.3 Å². The maximum absolute atomic E-state index is 13.2. The average molecular weight is 485 g/mol.